The number of thiophene rings is 1. The van der Waals surface area contributed by atoms with Crippen molar-refractivity contribution in [1.29, 1.82) is 0 Å². The number of imide groups is 1. The molecule has 1 unspecified atom stereocenters. The van der Waals surface area contributed by atoms with Gasteiger partial charge in [-0.15, -0.1) is 11.3 Å². The van der Waals surface area contributed by atoms with Gasteiger partial charge in [0.15, 0.2) is 0 Å². The van der Waals surface area contributed by atoms with Gasteiger partial charge in [-0.2, -0.15) is 0 Å². The molecule has 24 heavy (non-hydrogen) atoms. The van der Waals surface area contributed by atoms with E-state index in [0.717, 1.165) is 57.2 Å². The third-order valence-electron chi connectivity index (χ3n) is 5.29. The fourth-order valence-electron chi connectivity index (χ4n) is 3.88. The molecule has 5 nitrogen and oxygen atoms in total. The summed E-state index contributed by atoms with van der Waals surface area (Å²) in [4.78, 5) is 29.7. The molecule has 2 aliphatic carbocycles. The Kier molecular flexibility index (Phi) is 4.35. The van der Waals surface area contributed by atoms with Gasteiger partial charge < -0.3 is 10.1 Å². The van der Waals surface area contributed by atoms with Crippen molar-refractivity contribution in [3.63, 3.8) is 0 Å². The number of amides is 2. The van der Waals surface area contributed by atoms with Crippen LogP contribution in [-0.4, -0.2) is 43.0 Å². The summed E-state index contributed by atoms with van der Waals surface area (Å²) in [5, 5.41) is 3.28. The first-order valence-electron chi connectivity index (χ1n) is 8.97. The van der Waals surface area contributed by atoms with E-state index in [1.807, 2.05) is 0 Å². The van der Waals surface area contributed by atoms with Crippen molar-refractivity contribution in [1.82, 2.24) is 10.2 Å². The van der Waals surface area contributed by atoms with Crippen molar-refractivity contribution in [2.75, 3.05) is 20.2 Å². The first-order chi connectivity index (χ1) is 11.7. The topological polar surface area (TPSA) is 58.6 Å². The summed E-state index contributed by atoms with van der Waals surface area (Å²) in [6.45, 7) is 1.65. The summed E-state index contributed by atoms with van der Waals surface area (Å²) in [5.41, 5.74) is 1.19. The second-order valence-corrected chi connectivity index (χ2v) is 8.11. The smallest absolute Gasteiger partial charge is 0.274 e. The van der Waals surface area contributed by atoms with Gasteiger partial charge in [-0.25, -0.2) is 0 Å². The molecule has 1 aromatic heterocycles. The molecule has 1 N–H and O–H groups in total. The first kappa shape index (κ1) is 16.1. The second kappa shape index (κ2) is 6.48. The van der Waals surface area contributed by atoms with Crippen molar-refractivity contribution < 1.29 is 14.3 Å². The Balaban J connectivity index is 1.62. The minimum atomic E-state index is -0.135. The molecular formula is C18H24N2O3S. The average Bonchev–Trinajstić information content (AvgIpc) is 3.21. The predicted molar refractivity (Wildman–Crippen MR) is 92.7 cm³/mol. The molecule has 6 heteroatoms. The highest BCUT2D eigenvalue weighted by Crippen LogP contribution is 2.42. The number of piperidine rings is 1. The molecule has 2 fully saturated rings. The number of methoxy groups -OCH3 is 1. The quantitative estimate of drug-likeness (QED) is 0.849. The highest BCUT2D eigenvalue weighted by molar-refractivity contribution is 7.14. The molecule has 130 valence electrons. The molecule has 1 aliphatic heterocycles. The van der Waals surface area contributed by atoms with Gasteiger partial charge in [0.25, 0.3) is 5.91 Å². The molecule has 2 heterocycles. The molecule has 1 saturated heterocycles. The molecule has 0 spiro atoms. The molecule has 1 aromatic rings. The zero-order valence-electron chi connectivity index (χ0n) is 14.1. The largest absolute Gasteiger partial charge is 0.495 e. The fraction of sp³-hybridized carbons (Fsp3) is 0.667. The van der Waals surface area contributed by atoms with Crippen LogP contribution in [0.15, 0.2) is 0 Å². The van der Waals surface area contributed by atoms with Crippen molar-refractivity contribution >= 4 is 23.2 Å². The Morgan fingerprint density at radius 1 is 1.21 bits per heavy atom. The van der Waals surface area contributed by atoms with Crippen molar-refractivity contribution in [3.05, 3.63) is 15.3 Å². The van der Waals surface area contributed by atoms with Crippen LogP contribution in [-0.2, 0) is 17.6 Å². The van der Waals surface area contributed by atoms with Gasteiger partial charge in [0.05, 0.1) is 13.0 Å². The monoisotopic (exact) mass is 348 g/mol. The molecule has 2 amide bonds. The van der Waals surface area contributed by atoms with E-state index >= 15 is 0 Å². The van der Waals surface area contributed by atoms with E-state index in [2.05, 4.69) is 5.32 Å². The highest BCUT2D eigenvalue weighted by Gasteiger charge is 2.42. The lowest BCUT2D eigenvalue weighted by Gasteiger charge is -2.28. The summed E-state index contributed by atoms with van der Waals surface area (Å²) in [6.07, 6.45) is 6.88. The lowest BCUT2D eigenvalue weighted by Crippen LogP contribution is -2.46. The number of hydrogen-bond donors (Lipinski definition) is 1. The maximum absolute atomic E-state index is 13.2. The maximum Gasteiger partial charge on any atom is 0.274 e. The number of nitrogens with one attached hydrogen (secondary N) is 1. The van der Waals surface area contributed by atoms with E-state index in [1.54, 1.807) is 12.0 Å². The fourth-order valence-corrected chi connectivity index (χ4v) is 5.18. The number of nitrogens with zero attached hydrogens (tertiary/aromatic N) is 1. The molecule has 3 aliphatic rings. The van der Waals surface area contributed by atoms with Gasteiger partial charge in [0, 0.05) is 23.0 Å². The molecule has 0 bridgehead atoms. The van der Waals surface area contributed by atoms with E-state index in [9.17, 15) is 9.59 Å². The normalized spacial score (nSPS) is 23.0. The van der Waals surface area contributed by atoms with Crippen LogP contribution in [0.3, 0.4) is 0 Å². The van der Waals surface area contributed by atoms with E-state index in [1.165, 1.54) is 21.8 Å². The molecule has 4 rings (SSSR count). The summed E-state index contributed by atoms with van der Waals surface area (Å²) in [5.74, 6) is 0.522. The van der Waals surface area contributed by atoms with E-state index in [-0.39, 0.29) is 23.8 Å². The summed E-state index contributed by atoms with van der Waals surface area (Å²) >= 11 is 1.53. The molecule has 1 saturated carbocycles. The van der Waals surface area contributed by atoms with Crippen LogP contribution in [0, 0.1) is 5.92 Å². The van der Waals surface area contributed by atoms with E-state index in [4.69, 9.17) is 4.74 Å². The van der Waals surface area contributed by atoms with Gasteiger partial charge in [0.2, 0.25) is 5.91 Å². The molecule has 1 atom stereocenters. The van der Waals surface area contributed by atoms with Crippen LogP contribution < -0.4 is 10.1 Å². The van der Waals surface area contributed by atoms with Crippen LogP contribution >= 0.6 is 11.3 Å². The Bertz CT molecular complexity index is 659. The highest BCUT2D eigenvalue weighted by atomic mass is 32.1. The number of ether oxygens (including phenoxy) is 1. The minimum Gasteiger partial charge on any atom is -0.495 e. The van der Waals surface area contributed by atoms with Crippen molar-refractivity contribution in [3.8, 4) is 5.75 Å². The van der Waals surface area contributed by atoms with Gasteiger partial charge in [0.1, 0.15) is 10.6 Å². The van der Waals surface area contributed by atoms with Gasteiger partial charge >= 0.3 is 0 Å². The Morgan fingerprint density at radius 2 is 2.04 bits per heavy atom. The zero-order chi connectivity index (χ0) is 16.7. The van der Waals surface area contributed by atoms with Gasteiger partial charge in [-0.1, -0.05) is 0 Å². The van der Waals surface area contributed by atoms with E-state index < -0.39 is 0 Å². The van der Waals surface area contributed by atoms with Crippen LogP contribution in [0.1, 0.15) is 52.2 Å². The summed E-state index contributed by atoms with van der Waals surface area (Å²) in [7, 11) is 1.63. The summed E-state index contributed by atoms with van der Waals surface area (Å²) in [6, 6.07) is 0.0913. The number of rotatable bonds is 4. The lowest BCUT2D eigenvalue weighted by molar-refractivity contribution is -0.133. The van der Waals surface area contributed by atoms with E-state index in [0.29, 0.717) is 11.4 Å². The van der Waals surface area contributed by atoms with Crippen LogP contribution in [0.5, 0.6) is 5.75 Å². The number of aryl methyl sites for hydroxylation is 1. The van der Waals surface area contributed by atoms with Crippen molar-refractivity contribution in [2.24, 2.45) is 5.92 Å². The maximum atomic E-state index is 13.2. The van der Waals surface area contributed by atoms with Crippen LogP contribution in [0.25, 0.3) is 0 Å². The van der Waals surface area contributed by atoms with Crippen LogP contribution in [0.4, 0.5) is 0 Å². The molecule has 0 aromatic carbocycles. The van der Waals surface area contributed by atoms with Gasteiger partial charge in [-0.05, 0) is 51.5 Å². The lowest BCUT2D eigenvalue weighted by atomic mass is 9.98. The third kappa shape index (κ3) is 2.75. The average molecular weight is 348 g/mol. The number of carbonyl (C=O) groups is 2. The molecular weight excluding hydrogens is 324 g/mol. The number of fused-ring (bicyclic) bond motifs is 1. The van der Waals surface area contributed by atoms with Crippen molar-refractivity contribution in [2.45, 2.75) is 51.0 Å². The Morgan fingerprint density at radius 3 is 2.71 bits per heavy atom. The standard InChI is InChI=1S/C18H24N2O3S/c1-23-15-13-5-2-6-14(13)24-16(15)18(22)20(12-7-8-12)17(21)11-4-3-9-19-10-11/h11-12,19H,2-10H2,1H3. The first-order valence-corrected chi connectivity index (χ1v) is 9.79. The Labute approximate surface area is 146 Å². The SMILES string of the molecule is COc1c(C(=O)N(C(=O)C2CCCNC2)C2CC2)sc2c1CCC2. The van der Waals surface area contributed by atoms with Crippen LogP contribution in [0.2, 0.25) is 0 Å². The second-order valence-electron chi connectivity index (χ2n) is 7.01. The number of carbonyl (C=O) groups excluding carboxylic acids is 2. The Hall–Kier alpha value is -1.40. The zero-order valence-corrected chi connectivity index (χ0v) is 14.9. The summed E-state index contributed by atoms with van der Waals surface area (Å²) < 4.78 is 5.56. The number of hydrogen-bond acceptors (Lipinski definition) is 5. The minimum absolute atomic E-state index is 0.00492. The van der Waals surface area contributed by atoms with Gasteiger partial charge in [-0.3, -0.25) is 14.5 Å². The third-order valence-corrected chi connectivity index (χ3v) is 6.55. The predicted octanol–water partition coefficient (Wildman–Crippen LogP) is 2.38. The molecule has 0 radical (unpaired) electrons.